The molecule has 3 aromatic rings. The van der Waals surface area contributed by atoms with Gasteiger partial charge < -0.3 is 5.11 Å². The SMILES string of the molecule is O=C(O)c1cnc(Sc2ccc(Cl)cn2)c2ccccc12. The van der Waals surface area contributed by atoms with Crippen molar-refractivity contribution in [3.63, 3.8) is 0 Å². The molecule has 0 aliphatic heterocycles. The number of fused-ring (bicyclic) bond motifs is 1. The van der Waals surface area contributed by atoms with E-state index in [1.165, 1.54) is 18.0 Å². The molecular formula is C15H9ClN2O2S. The molecule has 0 spiro atoms. The summed E-state index contributed by atoms with van der Waals surface area (Å²) in [6.45, 7) is 0. The second-order valence-electron chi connectivity index (χ2n) is 4.24. The zero-order valence-electron chi connectivity index (χ0n) is 10.7. The molecule has 3 rings (SSSR count). The van der Waals surface area contributed by atoms with Gasteiger partial charge in [-0.25, -0.2) is 14.8 Å². The third-order valence-corrected chi connectivity index (χ3v) is 4.08. The van der Waals surface area contributed by atoms with Gasteiger partial charge in [0.05, 0.1) is 10.6 Å². The molecule has 0 bridgehead atoms. The summed E-state index contributed by atoms with van der Waals surface area (Å²) in [6, 6.07) is 10.9. The Labute approximate surface area is 129 Å². The van der Waals surface area contributed by atoms with Gasteiger partial charge in [0.15, 0.2) is 0 Å². The molecule has 0 atom stereocenters. The predicted molar refractivity (Wildman–Crippen MR) is 82.1 cm³/mol. The normalized spacial score (nSPS) is 10.7. The lowest BCUT2D eigenvalue weighted by Crippen LogP contribution is -1.99. The lowest BCUT2D eigenvalue weighted by molar-refractivity contribution is 0.0698. The second kappa shape index (κ2) is 5.71. The van der Waals surface area contributed by atoms with Gasteiger partial charge in [0.2, 0.25) is 0 Å². The topological polar surface area (TPSA) is 63.1 Å². The van der Waals surface area contributed by atoms with E-state index in [2.05, 4.69) is 9.97 Å². The van der Waals surface area contributed by atoms with Crippen LogP contribution in [0.1, 0.15) is 10.4 Å². The Bertz CT molecular complexity index is 822. The molecule has 0 radical (unpaired) electrons. The van der Waals surface area contributed by atoms with Crippen molar-refractivity contribution in [2.45, 2.75) is 10.1 Å². The molecule has 0 saturated carbocycles. The predicted octanol–water partition coefficient (Wildman–Crippen LogP) is 4.13. The van der Waals surface area contributed by atoms with Crippen molar-refractivity contribution in [3.05, 3.63) is 59.4 Å². The molecule has 0 unspecified atom stereocenters. The maximum atomic E-state index is 11.2. The minimum atomic E-state index is -0.986. The number of aromatic carboxylic acids is 1. The third kappa shape index (κ3) is 2.84. The highest BCUT2D eigenvalue weighted by atomic mass is 35.5. The van der Waals surface area contributed by atoms with E-state index < -0.39 is 5.97 Å². The van der Waals surface area contributed by atoms with Crippen molar-refractivity contribution >= 4 is 40.1 Å². The van der Waals surface area contributed by atoms with Crippen LogP contribution in [0.4, 0.5) is 0 Å². The first kappa shape index (κ1) is 13.9. The number of rotatable bonds is 3. The van der Waals surface area contributed by atoms with E-state index in [1.54, 1.807) is 24.4 Å². The molecule has 0 aliphatic carbocycles. The number of carboxylic acid groups (broad SMARTS) is 1. The second-order valence-corrected chi connectivity index (χ2v) is 5.69. The fourth-order valence-corrected chi connectivity index (χ4v) is 2.88. The summed E-state index contributed by atoms with van der Waals surface area (Å²) in [4.78, 5) is 19.7. The van der Waals surface area contributed by atoms with Crippen LogP contribution in [0, 0.1) is 0 Å². The lowest BCUT2D eigenvalue weighted by Gasteiger charge is -2.07. The molecule has 1 aromatic carbocycles. The summed E-state index contributed by atoms with van der Waals surface area (Å²) in [5.74, 6) is -0.986. The molecule has 0 fully saturated rings. The van der Waals surface area contributed by atoms with E-state index >= 15 is 0 Å². The van der Waals surface area contributed by atoms with Crippen LogP contribution in [0.2, 0.25) is 5.02 Å². The van der Waals surface area contributed by atoms with Crippen LogP contribution >= 0.6 is 23.4 Å². The van der Waals surface area contributed by atoms with E-state index in [9.17, 15) is 9.90 Å². The van der Waals surface area contributed by atoms with Crippen LogP contribution in [0.3, 0.4) is 0 Å². The Morgan fingerprint density at radius 2 is 1.81 bits per heavy atom. The zero-order valence-corrected chi connectivity index (χ0v) is 12.2. The highest BCUT2D eigenvalue weighted by molar-refractivity contribution is 7.99. The van der Waals surface area contributed by atoms with Gasteiger partial charge in [-0.1, -0.05) is 35.9 Å². The summed E-state index contributed by atoms with van der Waals surface area (Å²) in [6.07, 6.45) is 2.95. The van der Waals surface area contributed by atoms with Crippen LogP contribution in [0.25, 0.3) is 10.8 Å². The monoisotopic (exact) mass is 316 g/mol. The number of nitrogens with zero attached hydrogens (tertiary/aromatic N) is 2. The highest BCUT2D eigenvalue weighted by Gasteiger charge is 2.13. The van der Waals surface area contributed by atoms with Crippen LogP contribution in [-0.2, 0) is 0 Å². The van der Waals surface area contributed by atoms with Gasteiger partial charge in [-0.05, 0) is 23.9 Å². The van der Waals surface area contributed by atoms with Gasteiger partial charge in [0.1, 0.15) is 10.1 Å². The van der Waals surface area contributed by atoms with Gasteiger partial charge in [-0.2, -0.15) is 0 Å². The lowest BCUT2D eigenvalue weighted by atomic mass is 10.1. The Hall–Kier alpha value is -2.11. The largest absolute Gasteiger partial charge is 0.478 e. The Balaban J connectivity index is 2.09. The number of carboxylic acids is 1. The van der Waals surface area contributed by atoms with Gasteiger partial charge in [-0.15, -0.1) is 0 Å². The fraction of sp³-hybridized carbons (Fsp3) is 0. The van der Waals surface area contributed by atoms with Gasteiger partial charge in [-0.3, -0.25) is 0 Å². The Morgan fingerprint density at radius 3 is 2.48 bits per heavy atom. The molecule has 0 saturated heterocycles. The van der Waals surface area contributed by atoms with Crippen molar-refractivity contribution in [1.82, 2.24) is 9.97 Å². The minimum Gasteiger partial charge on any atom is -0.478 e. The van der Waals surface area contributed by atoms with E-state index in [0.717, 1.165) is 10.4 Å². The van der Waals surface area contributed by atoms with Crippen LogP contribution in [0.5, 0.6) is 0 Å². The molecule has 2 aromatic heterocycles. The average molecular weight is 317 g/mol. The van der Waals surface area contributed by atoms with E-state index in [4.69, 9.17) is 11.6 Å². The first-order chi connectivity index (χ1) is 10.1. The number of carbonyl (C=O) groups is 1. The molecule has 4 nitrogen and oxygen atoms in total. The van der Waals surface area contributed by atoms with Crippen molar-refractivity contribution < 1.29 is 9.90 Å². The number of pyridine rings is 2. The number of benzene rings is 1. The number of aromatic nitrogens is 2. The Kier molecular flexibility index (Phi) is 3.77. The molecule has 104 valence electrons. The van der Waals surface area contributed by atoms with Crippen LogP contribution in [-0.4, -0.2) is 21.0 Å². The molecular weight excluding hydrogens is 308 g/mol. The quantitative estimate of drug-likeness (QED) is 0.787. The summed E-state index contributed by atoms with van der Waals surface area (Å²) in [5.41, 5.74) is 0.194. The first-order valence-electron chi connectivity index (χ1n) is 6.05. The first-order valence-corrected chi connectivity index (χ1v) is 7.25. The minimum absolute atomic E-state index is 0.194. The average Bonchev–Trinajstić information content (AvgIpc) is 2.49. The highest BCUT2D eigenvalue weighted by Crippen LogP contribution is 2.32. The molecule has 2 heterocycles. The molecule has 0 aliphatic rings. The van der Waals surface area contributed by atoms with E-state index in [1.807, 2.05) is 18.2 Å². The maximum Gasteiger partial charge on any atom is 0.337 e. The number of hydrogen-bond donors (Lipinski definition) is 1. The summed E-state index contributed by atoms with van der Waals surface area (Å²) < 4.78 is 0. The molecule has 21 heavy (non-hydrogen) atoms. The van der Waals surface area contributed by atoms with Crippen molar-refractivity contribution in [3.8, 4) is 0 Å². The van der Waals surface area contributed by atoms with Gasteiger partial charge >= 0.3 is 5.97 Å². The van der Waals surface area contributed by atoms with E-state index in [-0.39, 0.29) is 5.56 Å². The fourth-order valence-electron chi connectivity index (χ4n) is 1.94. The van der Waals surface area contributed by atoms with Crippen LogP contribution in [0.15, 0.2) is 58.8 Å². The molecule has 0 amide bonds. The van der Waals surface area contributed by atoms with Gasteiger partial charge in [0, 0.05) is 23.2 Å². The Morgan fingerprint density at radius 1 is 1.05 bits per heavy atom. The standard InChI is InChI=1S/C15H9ClN2O2S/c16-9-5-6-13(17-7-9)21-14-11-4-2-1-3-10(11)12(8-18-14)15(19)20/h1-8H,(H,19,20). The number of halogens is 1. The molecule has 6 heteroatoms. The van der Waals surface area contributed by atoms with Crippen molar-refractivity contribution in [2.75, 3.05) is 0 Å². The van der Waals surface area contributed by atoms with E-state index in [0.29, 0.717) is 15.4 Å². The maximum absolute atomic E-state index is 11.2. The van der Waals surface area contributed by atoms with Gasteiger partial charge in [0.25, 0.3) is 0 Å². The summed E-state index contributed by atoms with van der Waals surface area (Å²) >= 11 is 7.19. The molecule has 1 N–H and O–H groups in total. The number of hydrogen-bond acceptors (Lipinski definition) is 4. The van der Waals surface area contributed by atoms with Crippen molar-refractivity contribution in [1.29, 1.82) is 0 Å². The third-order valence-electron chi connectivity index (χ3n) is 2.89. The zero-order chi connectivity index (χ0) is 14.8. The summed E-state index contributed by atoms with van der Waals surface area (Å²) in [5, 5.41) is 12.7. The smallest absolute Gasteiger partial charge is 0.337 e. The summed E-state index contributed by atoms with van der Waals surface area (Å²) in [7, 11) is 0. The van der Waals surface area contributed by atoms with Crippen LogP contribution < -0.4 is 0 Å². The van der Waals surface area contributed by atoms with Crippen molar-refractivity contribution in [2.24, 2.45) is 0 Å².